The fourth-order valence-electron chi connectivity index (χ4n) is 1.08. The largest absolute Gasteiger partial charge is 0.463 e. The van der Waals surface area contributed by atoms with Gasteiger partial charge in [0.15, 0.2) is 0 Å². The van der Waals surface area contributed by atoms with E-state index in [0.717, 1.165) is 4.47 Å². The van der Waals surface area contributed by atoms with Gasteiger partial charge in [-0.05, 0) is 29.8 Å². The van der Waals surface area contributed by atoms with Gasteiger partial charge in [-0.2, -0.15) is 0 Å². The molecule has 0 radical (unpaired) electrons. The first-order chi connectivity index (χ1) is 7.99. The lowest BCUT2D eigenvalue weighted by Crippen LogP contribution is -2.25. The summed E-state index contributed by atoms with van der Waals surface area (Å²) < 4.78 is 5.91. The Morgan fingerprint density at radius 1 is 1.41 bits per heavy atom. The van der Waals surface area contributed by atoms with Gasteiger partial charge in [-0.1, -0.05) is 6.92 Å². The van der Waals surface area contributed by atoms with Crippen molar-refractivity contribution in [2.45, 2.75) is 26.9 Å². The number of carbonyl (C=O) groups excluding carboxylic acids is 1. The van der Waals surface area contributed by atoms with E-state index >= 15 is 0 Å². The number of hydrogen-bond donors (Lipinski definition) is 1. The van der Waals surface area contributed by atoms with Crippen molar-refractivity contribution in [2.24, 2.45) is 5.92 Å². The average molecular weight is 302 g/mol. The predicted molar refractivity (Wildman–Crippen MR) is 68.6 cm³/mol. The van der Waals surface area contributed by atoms with Crippen molar-refractivity contribution in [1.29, 1.82) is 0 Å². The van der Waals surface area contributed by atoms with E-state index in [1.165, 1.54) is 0 Å². The van der Waals surface area contributed by atoms with Crippen molar-refractivity contribution in [3.05, 3.63) is 16.9 Å². The second-order valence-corrected chi connectivity index (χ2v) is 4.91. The lowest BCUT2D eigenvalue weighted by atomic mass is 10.2. The molecule has 1 aromatic rings. The summed E-state index contributed by atoms with van der Waals surface area (Å²) in [6, 6.07) is 0. The Hall–Kier alpha value is -1.17. The van der Waals surface area contributed by atoms with E-state index in [0.29, 0.717) is 12.5 Å². The highest BCUT2D eigenvalue weighted by Crippen LogP contribution is 2.08. The van der Waals surface area contributed by atoms with Crippen LogP contribution < -0.4 is 5.32 Å². The van der Waals surface area contributed by atoms with Crippen LogP contribution >= 0.6 is 15.9 Å². The smallest absolute Gasteiger partial charge is 0.310 e. The lowest BCUT2D eigenvalue weighted by Gasteiger charge is -2.14. The van der Waals surface area contributed by atoms with Crippen LogP contribution in [0.3, 0.4) is 0 Å². The summed E-state index contributed by atoms with van der Waals surface area (Å²) in [6.45, 7) is 5.91. The first kappa shape index (κ1) is 13.9. The molecule has 1 heterocycles. The van der Waals surface area contributed by atoms with Crippen LogP contribution in [0.25, 0.3) is 0 Å². The molecule has 1 rings (SSSR count). The topological polar surface area (TPSA) is 64.1 Å². The Labute approximate surface area is 109 Å². The average Bonchev–Trinajstić information content (AvgIpc) is 2.27. The van der Waals surface area contributed by atoms with Crippen LogP contribution in [0.5, 0.6) is 0 Å². The molecule has 0 aromatic carbocycles. The molecule has 1 unspecified atom stereocenters. The van der Waals surface area contributed by atoms with Gasteiger partial charge >= 0.3 is 5.97 Å². The second-order valence-electron chi connectivity index (χ2n) is 3.99. The summed E-state index contributed by atoms with van der Waals surface area (Å²) in [5.41, 5.74) is 0. The van der Waals surface area contributed by atoms with Crippen molar-refractivity contribution in [1.82, 2.24) is 9.97 Å². The molecule has 0 saturated heterocycles. The van der Waals surface area contributed by atoms with Crippen LogP contribution in [0, 0.1) is 5.92 Å². The zero-order chi connectivity index (χ0) is 12.8. The molecule has 0 saturated carbocycles. The molecule has 1 N–H and O–H groups in total. The Bertz CT molecular complexity index is 367. The van der Waals surface area contributed by atoms with Crippen LogP contribution in [-0.2, 0) is 9.53 Å². The van der Waals surface area contributed by atoms with Gasteiger partial charge in [-0.15, -0.1) is 0 Å². The highest BCUT2D eigenvalue weighted by atomic mass is 79.9. The molecule has 0 spiro atoms. The van der Waals surface area contributed by atoms with Crippen molar-refractivity contribution < 1.29 is 9.53 Å². The van der Waals surface area contributed by atoms with Gasteiger partial charge in [0.25, 0.3) is 0 Å². The van der Waals surface area contributed by atoms with E-state index in [4.69, 9.17) is 4.74 Å². The van der Waals surface area contributed by atoms with E-state index in [2.05, 4.69) is 31.2 Å². The van der Waals surface area contributed by atoms with Gasteiger partial charge in [-0.25, -0.2) is 9.97 Å². The van der Waals surface area contributed by atoms with Gasteiger partial charge in [-0.3, -0.25) is 4.79 Å². The summed E-state index contributed by atoms with van der Waals surface area (Å²) in [5, 5.41) is 2.98. The van der Waals surface area contributed by atoms with E-state index < -0.39 is 0 Å². The Morgan fingerprint density at radius 3 is 2.53 bits per heavy atom. The number of carbonyl (C=O) groups is 1. The molecule has 6 heteroatoms. The Balaban J connectivity index is 2.40. The highest BCUT2D eigenvalue weighted by Gasteiger charge is 2.15. The normalized spacial score (nSPS) is 12.3. The van der Waals surface area contributed by atoms with Crippen molar-refractivity contribution in [3.8, 4) is 0 Å². The predicted octanol–water partition coefficient (Wildman–Crippen LogP) is 2.24. The van der Waals surface area contributed by atoms with Crippen molar-refractivity contribution in [2.75, 3.05) is 11.9 Å². The Kier molecular flexibility index (Phi) is 5.34. The molecule has 5 nitrogen and oxygen atoms in total. The monoisotopic (exact) mass is 301 g/mol. The zero-order valence-electron chi connectivity index (χ0n) is 10.1. The fraction of sp³-hybridized carbons (Fsp3) is 0.545. The number of anilines is 1. The minimum Gasteiger partial charge on any atom is -0.463 e. The highest BCUT2D eigenvalue weighted by molar-refractivity contribution is 9.10. The summed E-state index contributed by atoms with van der Waals surface area (Å²) in [4.78, 5) is 19.6. The second kappa shape index (κ2) is 6.54. The zero-order valence-corrected chi connectivity index (χ0v) is 11.7. The third kappa shape index (κ3) is 5.12. The maximum Gasteiger partial charge on any atom is 0.310 e. The molecule has 0 amide bonds. The van der Waals surface area contributed by atoms with Crippen LogP contribution in [-0.4, -0.2) is 28.6 Å². The first-order valence-electron chi connectivity index (χ1n) is 5.41. The number of rotatable bonds is 5. The standard InChI is InChI=1S/C11H16BrN3O2/c1-7(2)17-10(16)8(3)4-13-11-14-5-9(12)6-15-11/h5-8H,4H2,1-3H3,(H,13,14,15). The van der Waals surface area contributed by atoms with E-state index in [1.54, 1.807) is 19.3 Å². The van der Waals surface area contributed by atoms with E-state index in [1.807, 2.05) is 13.8 Å². The quantitative estimate of drug-likeness (QED) is 0.845. The van der Waals surface area contributed by atoms with Crippen LogP contribution in [0.15, 0.2) is 16.9 Å². The van der Waals surface area contributed by atoms with Crippen molar-refractivity contribution >= 4 is 27.8 Å². The minimum atomic E-state index is -0.232. The first-order valence-corrected chi connectivity index (χ1v) is 6.20. The summed E-state index contributed by atoms with van der Waals surface area (Å²) in [7, 11) is 0. The number of hydrogen-bond acceptors (Lipinski definition) is 5. The molecule has 1 atom stereocenters. The van der Waals surface area contributed by atoms with Crippen LogP contribution in [0.2, 0.25) is 0 Å². The Morgan fingerprint density at radius 2 is 2.00 bits per heavy atom. The SMILES string of the molecule is CC(C)OC(=O)C(C)CNc1ncc(Br)cn1. The molecule has 94 valence electrons. The number of ether oxygens (including phenoxy) is 1. The summed E-state index contributed by atoms with van der Waals surface area (Å²) in [6.07, 6.45) is 3.20. The van der Waals surface area contributed by atoms with Gasteiger partial charge in [0.1, 0.15) is 0 Å². The molecular formula is C11H16BrN3O2. The maximum atomic E-state index is 11.5. The van der Waals surface area contributed by atoms with Crippen molar-refractivity contribution in [3.63, 3.8) is 0 Å². The number of aromatic nitrogens is 2. The molecule has 0 aliphatic carbocycles. The number of nitrogens with one attached hydrogen (secondary N) is 1. The molecule has 1 aromatic heterocycles. The summed E-state index contributed by atoms with van der Waals surface area (Å²) >= 11 is 3.25. The van der Waals surface area contributed by atoms with E-state index in [-0.39, 0.29) is 18.0 Å². The maximum absolute atomic E-state index is 11.5. The van der Waals surface area contributed by atoms with Gasteiger partial charge < -0.3 is 10.1 Å². The minimum absolute atomic E-state index is 0.0890. The molecule has 17 heavy (non-hydrogen) atoms. The summed E-state index contributed by atoms with van der Waals surface area (Å²) in [5.74, 6) is 0.0478. The number of esters is 1. The van der Waals surface area contributed by atoms with Crippen LogP contribution in [0.4, 0.5) is 5.95 Å². The third-order valence-electron chi connectivity index (χ3n) is 1.94. The number of nitrogens with zero attached hydrogens (tertiary/aromatic N) is 2. The number of halogens is 1. The third-order valence-corrected chi connectivity index (χ3v) is 2.35. The molecule has 0 aliphatic heterocycles. The molecular weight excluding hydrogens is 286 g/mol. The van der Waals surface area contributed by atoms with Gasteiger partial charge in [0.2, 0.25) is 5.95 Å². The van der Waals surface area contributed by atoms with E-state index in [9.17, 15) is 4.79 Å². The molecule has 0 aliphatic rings. The lowest BCUT2D eigenvalue weighted by molar-refractivity contribution is -0.151. The fourth-order valence-corrected chi connectivity index (χ4v) is 1.28. The molecule has 0 fully saturated rings. The van der Waals surface area contributed by atoms with Crippen LogP contribution in [0.1, 0.15) is 20.8 Å². The van der Waals surface area contributed by atoms with Gasteiger partial charge in [0, 0.05) is 18.9 Å². The van der Waals surface area contributed by atoms with Gasteiger partial charge in [0.05, 0.1) is 16.5 Å². The molecule has 0 bridgehead atoms.